The molecule has 0 amide bonds. The highest BCUT2D eigenvalue weighted by Crippen LogP contribution is 2.24. The predicted octanol–water partition coefficient (Wildman–Crippen LogP) is 2.76. The lowest BCUT2D eigenvalue weighted by Gasteiger charge is -2.07. The summed E-state index contributed by atoms with van der Waals surface area (Å²) in [5.74, 6) is 0.110. The van der Waals surface area contributed by atoms with Crippen LogP contribution in [0.2, 0.25) is 0 Å². The first-order chi connectivity index (χ1) is 9.08. The molecule has 96 valence electrons. The molecule has 3 rings (SSSR count). The number of hydrogen-bond donors (Lipinski definition) is 1. The van der Waals surface area contributed by atoms with Crippen molar-refractivity contribution in [1.82, 2.24) is 14.5 Å². The van der Waals surface area contributed by atoms with Crippen LogP contribution in [0.4, 0.5) is 10.3 Å². The summed E-state index contributed by atoms with van der Waals surface area (Å²) in [5.41, 5.74) is 9.74. The van der Waals surface area contributed by atoms with Crippen LogP contribution in [0.5, 0.6) is 0 Å². The molecular weight excluding hydrogens is 243 g/mol. The minimum Gasteiger partial charge on any atom is -0.369 e. The minimum atomic E-state index is -0.240. The number of hydrogen-bond acceptors (Lipinski definition) is 3. The van der Waals surface area contributed by atoms with Crippen LogP contribution in [0.1, 0.15) is 11.1 Å². The lowest BCUT2D eigenvalue weighted by atomic mass is 10.2. The van der Waals surface area contributed by atoms with E-state index in [0.29, 0.717) is 17.2 Å². The fourth-order valence-electron chi connectivity index (χ4n) is 2.13. The third-order valence-electron chi connectivity index (χ3n) is 3.17. The topological polar surface area (TPSA) is 56.7 Å². The van der Waals surface area contributed by atoms with Gasteiger partial charge >= 0.3 is 0 Å². The van der Waals surface area contributed by atoms with Crippen molar-refractivity contribution in [2.24, 2.45) is 0 Å². The molecule has 0 bridgehead atoms. The number of halogens is 1. The molecule has 5 heteroatoms. The van der Waals surface area contributed by atoms with Gasteiger partial charge < -0.3 is 5.73 Å². The third-order valence-corrected chi connectivity index (χ3v) is 3.17. The molecule has 0 saturated carbocycles. The normalized spacial score (nSPS) is 11.1. The Kier molecular flexibility index (Phi) is 2.48. The van der Waals surface area contributed by atoms with Gasteiger partial charge in [0.25, 0.3) is 0 Å². The van der Waals surface area contributed by atoms with E-state index in [2.05, 4.69) is 9.97 Å². The molecule has 0 aliphatic rings. The molecule has 4 nitrogen and oxygen atoms in total. The summed E-state index contributed by atoms with van der Waals surface area (Å²) >= 11 is 0. The lowest BCUT2D eigenvalue weighted by molar-refractivity contribution is 0.618. The van der Waals surface area contributed by atoms with Crippen LogP contribution in [0.3, 0.4) is 0 Å². The van der Waals surface area contributed by atoms with E-state index in [1.807, 2.05) is 13.0 Å². The van der Waals surface area contributed by atoms with E-state index in [0.717, 1.165) is 16.8 Å². The smallest absolute Gasteiger partial charge is 0.207 e. The van der Waals surface area contributed by atoms with Crippen LogP contribution in [-0.4, -0.2) is 14.5 Å². The molecule has 1 aromatic carbocycles. The Bertz CT molecular complexity index is 776. The Morgan fingerprint density at radius 2 is 1.95 bits per heavy atom. The molecule has 0 radical (unpaired) electrons. The second-order valence-corrected chi connectivity index (χ2v) is 4.54. The Morgan fingerprint density at radius 3 is 2.68 bits per heavy atom. The predicted molar refractivity (Wildman–Crippen MR) is 72.7 cm³/mol. The molecule has 0 unspecified atom stereocenters. The molecule has 2 N–H and O–H groups in total. The van der Waals surface area contributed by atoms with Gasteiger partial charge in [-0.1, -0.05) is 0 Å². The molecule has 2 heterocycles. The average Bonchev–Trinajstić information content (AvgIpc) is 2.71. The molecule has 0 aliphatic heterocycles. The van der Waals surface area contributed by atoms with Crippen LogP contribution in [-0.2, 0) is 0 Å². The first-order valence-corrected chi connectivity index (χ1v) is 5.94. The highest BCUT2D eigenvalue weighted by Gasteiger charge is 2.13. The summed E-state index contributed by atoms with van der Waals surface area (Å²) in [5, 5.41) is 0. The van der Waals surface area contributed by atoms with Crippen molar-refractivity contribution in [3.05, 3.63) is 47.4 Å². The maximum Gasteiger partial charge on any atom is 0.207 e. The van der Waals surface area contributed by atoms with Crippen molar-refractivity contribution in [3.63, 3.8) is 0 Å². The monoisotopic (exact) mass is 256 g/mol. The summed E-state index contributed by atoms with van der Waals surface area (Å²) in [6, 6.07) is 6.71. The van der Waals surface area contributed by atoms with E-state index in [-0.39, 0.29) is 5.82 Å². The summed E-state index contributed by atoms with van der Waals surface area (Å²) in [7, 11) is 0. The second kappa shape index (κ2) is 4.05. The van der Waals surface area contributed by atoms with Gasteiger partial charge in [-0.05, 0) is 49.2 Å². The number of pyridine rings is 1. The van der Waals surface area contributed by atoms with Crippen molar-refractivity contribution >= 4 is 17.1 Å². The first kappa shape index (κ1) is 11.6. The van der Waals surface area contributed by atoms with Gasteiger partial charge in [-0.3, -0.25) is 4.57 Å². The van der Waals surface area contributed by atoms with Crippen molar-refractivity contribution in [2.75, 3.05) is 5.73 Å². The van der Waals surface area contributed by atoms with E-state index in [1.165, 1.54) is 6.07 Å². The highest BCUT2D eigenvalue weighted by molar-refractivity contribution is 5.79. The summed E-state index contributed by atoms with van der Waals surface area (Å²) in [6.45, 7) is 3.67. The Balaban J connectivity index is 2.33. The van der Waals surface area contributed by atoms with Crippen molar-refractivity contribution in [3.8, 4) is 5.69 Å². The standard InChI is InChI=1S/C14H13FN4/c1-8-5-6-17-13-12(8)18-14(16)19(13)10-3-4-11(15)9(2)7-10/h3-7H,1-2H3,(H2,16,18). The van der Waals surface area contributed by atoms with Gasteiger partial charge in [0.15, 0.2) is 5.65 Å². The molecule has 19 heavy (non-hydrogen) atoms. The summed E-state index contributed by atoms with van der Waals surface area (Å²) in [6.07, 6.45) is 1.71. The lowest BCUT2D eigenvalue weighted by Crippen LogP contribution is -2.02. The van der Waals surface area contributed by atoms with Crippen molar-refractivity contribution < 1.29 is 4.39 Å². The molecule has 0 saturated heterocycles. The number of nitrogens with two attached hydrogens (primary N) is 1. The molecule has 0 aliphatic carbocycles. The largest absolute Gasteiger partial charge is 0.369 e. The summed E-state index contributed by atoms with van der Waals surface area (Å²) in [4.78, 5) is 8.64. The van der Waals surface area contributed by atoms with Gasteiger partial charge in [0.2, 0.25) is 5.95 Å². The number of benzene rings is 1. The second-order valence-electron chi connectivity index (χ2n) is 4.54. The Labute approximate surface area is 109 Å². The van der Waals surface area contributed by atoms with Crippen LogP contribution in [0.15, 0.2) is 30.5 Å². The molecule has 0 fully saturated rings. The number of imidazole rings is 1. The van der Waals surface area contributed by atoms with E-state index in [1.54, 1.807) is 29.8 Å². The van der Waals surface area contributed by atoms with Crippen LogP contribution in [0.25, 0.3) is 16.9 Å². The average molecular weight is 256 g/mol. The van der Waals surface area contributed by atoms with E-state index in [9.17, 15) is 4.39 Å². The van der Waals surface area contributed by atoms with Crippen molar-refractivity contribution in [2.45, 2.75) is 13.8 Å². The zero-order chi connectivity index (χ0) is 13.6. The minimum absolute atomic E-state index is 0.240. The number of nitrogens with zero attached hydrogens (tertiary/aromatic N) is 3. The SMILES string of the molecule is Cc1cc(-n2c(N)nc3c(C)ccnc32)ccc1F. The number of rotatable bonds is 1. The van der Waals surface area contributed by atoms with Gasteiger partial charge in [-0.15, -0.1) is 0 Å². The van der Waals surface area contributed by atoms with E-state index >= 15 is 0 Å². The van der Waals surface area contributed by atoms with Crippen LogP contribution < -0.4 is 5.73 Å². The molecule has 0 spiro atoms. The molecule has 2 aromatic heterocycles. The number of anilines is 1. The third kappa shape index (κ3) is 1.74. The first-order valence-electron chi connectivity index (χ1n) is 5.94. The Morgan fingerprint density at radius 1 is 1.16 bits per heavy atom. The molecular formula is C14H13FN4. The zero-order valence-electron chi connectivity index (χ0n) is 10.7. The van der Waals surface area contributed by atoms with Gasteiger partial charge in [-0.2, -0.15) is 0 Å². The highest BCUT2D eigenvalue weighted by atomic mass is 19.1. The number of fused-ring (bicyclic) bond motifs is 1. The summed E-state index contributed by atoms with van der Waals surface area (Å²) < 4.78 is 15.1. The van der Waals surface area contributed by atoms with Crippen LogP contribution in [0, 0.1) is 19.7 Å². The Hall–Kier alpha value is -2.43. The van der Waals surface area contributed by atoms with Crippen LogP contribution >= 0.6 is 0 Å². The maximum atomic E-state index is 13.3. The molecule has 3 aromatic rings. The number of nitrogen functional groups attached to an aromatic ring is 1. The van der Waals surface area contributed by atoms with Gasteiger partial charge in [0.05, 0.1) is 5.69 Å². The van der Waals surface area contributed by atoms with Gasteiger partial charge in [0.1, 0.15) is 11.3 Å². The fraction of sp³-hybridized carbons (Fsp3) is 0.143. The fourth-order valence-corrected chi connectivity index (χ4v) is 2.13. The van der Waals surface area contributed by atoms with Gasteiger partial charge in [-0.25, -0.2) is 14.4 Å². The number of aryl methyl sites for hydroxylation is 2. The quantitative estimate of drug-likeness (QED) is 0.728. The van der Waals surface area contributed by atoms with Gasteiger partial charge in [0, 0.05) is 6.20 Å². The number of aromatic nitrogens is 3. The van der Waals surface area contributed by atoms with E-state index < -0.39 is 0 Å². The van der Waals surface area contributed by atoms with Crippen molar-refractivity contribution in [1.29, 1.82) is 0 Å². The molecule has 0 atom stereocenters. The maximum absolute atomic E-state index is 13.3. The van der Waals surface area contributed by atoms with E-state index in [4.69, 9.17) is 5.73 Å². The zero-order valence-corrected chi connectivity index (χ0v) is 10.7.